The van der Waals surface area contributed by atoms with Gasteiger partial charge in [-0.25, -0.2) is 0 Å². The van der Waals surface area contributed by atoms with Crippen LogP contribution in [-0.2, 0) is 4.79 Å². The van der Waals surface area contributed by atoms with Crippen molar-refractivity contribution < 1.29 is 9.53 Å². The quantitative estimate of drug-likeness (QED) is 0.756. The molecule has 5 heteroatoms. The third kappa shape index (κ3) is 5.04. The summed E-state index contributed by atoms with van der Waals surface area (Å²) in [6.07, 6.45) is 1.65. The number of carbonyl (C=O) groups is 1. The summed E-state index contributed by atoms with van der Waals surface area (Å²) in [6, 6.07) is 5.94. The van der Waals surface area contributed by atoms with Crippen LogP contribution in [-0.4, -0.2) is 26.1 Å². The molecule has 1 aromatic carbocycles. The van der Waals surface area contributed by atoms with E-state index in [0.717, 1.165) is 15.8 Å². The fourth-order valence-electron chi connectivity index (χ4n) is 1.56. The molecule has 0 spiro atoms. The van der Waals surface area contributed by atoms with Crippen molar-refractivity contribution in [1.82, 2.24) is 10.6 Å². The van der Waals surface area contributed by atoms with Crippen molar-refractivity contribution in [3.63, 3.8) is 0 Å². The summed E-state index contributed by atoms with van der Waals surface area (Å²) in [6.45, 7) is 6.32. The number of rotatable bonds is 7. The van der Waals surface area contributed by atoms with Crippen molar-refractivity contribution in [2.75, 3.05) is 20.2 Å². The van der Waals surface area contributed by atoms with Gasteiger partial charge in [-0.05, 0) is 40.5 Å². The van der Waals surface area contributed by atoms with Crippen molar-refractivity contribution >= 4 is 21.8 Å². The monoisotopic (exact) mass is 326 g/mol. The Labute approximate surface area is 122 Å². The van der Waals surface area contributed by atoms with Gasteiger partial charge in [0.2, 0.25) is 5.91 Å². The normalized spacial score (nSPS) is 11.7. The molecule has 1 atom stereocenters. The average Bonchev–Trinajstić information content (AvgIpc) is 2.42. The number of methoxy groups -OCH3 is 1. The Kier molecular flexibility index (Phi) is 6.59. The summed E-state index contributed by atoms with van der Waals surface area (Å²) >= 11 is 3.45. The molecule has 1 amide bonds. The lowest BCUT2D eigenvalue weighted by Gasteiger charge is -2.15. The maximum Gasteiger partial charge on any atom is 0.234 e. The van der Waals surface area contributed by atoms with Crippen LogP contribution in [0.4, 0.5) is 0 Å². The van der Waals surface area contributed by atoms with E-state index in [0.29, 0.717) is 6.54 Å². The standard InChI is InChI=1S/C14H19BrN2O2/c1-4-7-16-14(18)9-17-10(2)11-5-6-13(19-3)12(15)8-11/h4-6,8,10,17H,1,7,9H2,2-3H3,(H,16,18)/t10-/m1/s1. The molecular formula is C14H19BrN2O2. The Bertz CT molecular complexity index is 449. The highest BCUT2D eigenvalue weighted by Crippen LogP contribution is 2.27. The second-order valence-corrected chi connectivity index (χ2v) is 4.94. The van der Waals surface area contributed by atoms with E-state index >= 15 is 0 Å². The van der Waals surface area contributed by atoms with Gasteiger partial charge in [-0.3, -0.25) is 4.79 Å². The molecule has 1 rings (SSSR count). The molecule has 19 heavy (non-hydrogen) atoms. The maximum absolute atomic E-state index is 11.5. The third-order valence-electron chi connectivity index (χ3n) is 2.69. The number of amides is 1. The van der Waals surface area contributed by atoms with Gasteiger partial charge in [-0.2, -0.15) is 0 Å². The first-order chi connectivity index (χ1) is 9.08. The largest absolute Gasteiger partial charge is 0.496 e. The Morgan fingerprint density at radius 2 is 2.32 bits per heavy atom. The molecule has 0 unspecified atom stereocenters. The van der Waals surface area contributed by atoms with E-state index in [9.17, 15) is 4.79 Å². The molecule has 0 aromatic heterocycles. The van der Waals surface area contributed by atoms with Gasteiger partial charge in [0.1, 0.15) is 5.75 Å². The summed E-state index contributed by atoms with van der Waals surface area (Å²) in [5.74, 6) is 0.749. The van der Waals surface area contributed by atoms with E-state index < -0.39 is 0 Å². The molecule has 4 nitrogen and oxygen atoms in total. The first-order valence-corrected chi connectivity index (χ1v) is 6.82. The highest BCUT2D eigenvalue weighted by molar-refractivity contribution is 9.10. The van der Waals surface area contributed by atoms with Crippen LogP contribution in [0.15, 0.2) is 35.3 Å². The molecular weight excluding hydrogens is 308 g/mol. The van der Waals surface area contributed by atoms with Gasteiger partial charge >= 0.3 is 0 Å². The van der Waals surface area contributed by atoms with Crippen LogP contribution in [0.25, 0.3) is 0 Å². The predicted octanol–water partition coefficient (Wildman–Crippen LogP) is 2.41. The van der Waals surface area contributed by atoms with Crippen LogP contribution in [0.5, 0.6) is 5.75 Å². The topological polar surface area (TPSA) is 50.4 Å². The molecule has 0 aliphatic carbocycles. The molecule has 2 N–H and O–H groups in total. The molecule has 0 saturated heterocycles. The van der Waals surface area contributed by atoms with Gasteiger partial charge in [0.15, 0.2) is 0 Å². The molecule has 104 valence electrons. The molecule has 0 saturated carbocycles. The van der Waals surface area contributed by atoms with Gasteiger partial charge < -0.3 is 15.4 Å². The number of carbonyl (C=O) groups excluding carboxylic acids is 1. The van der Waals surface area contributed by atoms with Crippen LogP contribution in [0.3, 0.4) is 0 Å². The van der Waals surface area contributed by atoms with Gasteiger partial charge in [0.05, 0.1) is 18.1 Å². The number of ether oxygens (including phenoxy) is 1. The van der Waals surface area contributed by atoms with Crippen molar-refractivity contribution in [1.29, 1.82) is 0 Å². The van der Waals surface area contributed by atoms with E-state index in [4.69, 9.17) is 4.74 Å². The SMILES string of the molecule is C=CCNC(=O)CN[C@H](C)c1ccc(OC)c(Br)c1. The minimum atomic E-state index is -0.0423. The minimum absolute atomic E-state index is 0.0423. The first-order valence-electron chi connectivity index (χ1n) is 6.03. The highest BCUT2D eigenvalue weighted by Gasteiger charge is 2.09. The van der Waals surface area contributed by atoms with Gasteiger partial charge in [-0.15, -0.1) is 6.58 Å². The van der Waals surface area contributed by atoms with Crippen LogP contribution in [0.2, 0.25) is 0 Å². The van der Waals surface area contributed by atoms with E-state index in [2.05, 4.69) is 33.1 Å². The Balaban J connectivity index is 2.53. The summed E-state index contributed by atoms with van der Waals surface area (Å²) < 4.78 is 6.08. The Morgan fingerprint density at radius 1 is 1.58 bits per heavy atom. The first kappa shape index (κ1) is 15.7. The van der Waals surface area contributed by atoms with Gasteiger partial charge in [-0.1, -0.05) is 12.1 Å². The smallest absolute Gasteiger partial charge is 0.234 e. The van der Waals surface area contributed by atoms with E-state index in [1.54, 1.807) is 13.2 Å². The molecule has 0 bridgehead atoms. The zero-order valence-corrected chi connectivity index (χ0v) is 12.8. The zero-order valence-electron chi connectivity index (χ0n) is 11.2. The predicted molar refractivity (Wildman–Crippen MR) is 80.3 cm³/mol. The lowest BCUT2D eigenvalue weighted by Crippen LogP contribution is -2.35. The number of hydrogen-bond acceptors (Lipinski definition) is 3. The number of hydrogen-bond donors (Lipinski definition) is 2. The van der Waals surface area contributed by atoms with E-state index in [-0.39, 0.29) is 18.5 Å². The fourth-order valence-corrected chi connectivity index (χ4v) is 2.12. The molecule has 0 aliphatic rings. The second kappa shape index (κ2) is 7.96. The Morgan fingerprint density at radius 3 is 2.89 bits per heavy atom. The van der Waals surface area contributed by atoms with Crippen LogP contribution in [0, 0.1) is 0 Å². The summed E-state index contributed by atoms with van der Waals surface area (Å²) in [4.78, 5) is 11.5. The second-order valence-electron chi connectivity index (χ2n) is 4.09. The lowest BCUT2D eigenvalue weighted by atomic mass is 10.1. The highest BCUT2D eigenvalue weighted by atomic mass is 79.9. The van der Waals surface area contributed by atoms with Gasteiger partial charge in [0, 0.05) is 12.6 Å². The van der Waals surface area contributed by atoms with E-state index in [1.807, 2.05) is 25.1 Å². The van der Waals surface area contributed by atoms with Crippen LogP contribution < -0.4 is 15.4 Å². The molecule has 1 aromatic rings. The van der Waals surface area contributed by atoms with Gasteiger partial charge in [0.25, 0.3) is 0 Å². The molecule has 0 fully saturated rings. The number of nitrogens with one attached hydrogen (secondary N) is 2. The Hall–Kier alpha value is -1.33. The molecule has 0 radical (unpaired) electrons. The summed E-state index contributed by atoms with van der Waals surface area (Å²) in [5, 5.41) is 5.88. The lowest BCUT2D eigenvalue weighted by molar-refractivity contribution is -0.120. The number of benzene rings is 1. The minimum Gasteiger partial charge on any atom is -0.496 e. The van der Waals surface area contributed by atoms with Crippen molar-refractivity contribution in [3.05, 3.63) is 40.9 Å². The van der Waals surface area contributed by atoms with Crippen LogP contribution in [0.1, 0.15) is 18.5 Å². The molecule has 0 heterocycles. The zero-order chi connectivity index (χ0) is 14.3. The number of halogens is 1. The maximum atomic E-state index is 11.5. The summed E-state index contributed by atoms with van der Waals surface area (Å²) in [5.41, 5.74) is 1.09. The van der Waals surface area contributed by atoms with Crippen molar-refractivity contribution in [2.45, 2.75) is 13.0 Å². The fraction of sp³-hybridized carbons (Fsp3) is 0.357. The van der Waals surface area contributed by atoms with Crippen LogP contribution >= 0.6 is 15.9 Å². The van der Waals surface area contributed by atoms with Crippen molar-refractivity contribution in [3.8, 4) is 5.75 Å². The average molecular weight is 327 g/mol. The van der Waals surface area contributed by atoms with E-state index in [1.165, 1.54) is 0 Å². The third-order valence-corrected chi connectivity index (χ3v) is 3.31. The van der Waals surface area contributed by atoms with Crippen molar-refractivity contribution in [2.24, 2.45) is 0 Å². The summed E-state index contributed by atoms with van der Waals surface area (Å²) in [7, 11) is 1.63. The molecule has 0 aliphatic heterocycles.